The molecule has 2 heterocycles. The normalized spacial score (nSPS) is 39.5. The minimum Gasteiger partial charge on any atom is -0.376 e. The Kier molecular flexibility index (Phi) is 2.26. The van der Waals surface area contributed by atoms with E-state index in [4.69, 9.17) is 9.47 Å². The number of hydrogen-bond donors (Lipinski definition) is 1. The number of nitrogens with one attached hydrogen (secondary N) is 1. The van der Waals surface area contributed by atoms with Gasteiger partial charge < -0.3 is 14.8 Å². The van der Waals surface area contributed by atoms with Crippen molar-refractivity contribution in [1.29, 1.82) is 0 Å². The minimum atomic E-state index is -0.510. The molecule has 2 fully saturated rings. The molecule has 2 aliphatic rings. The summed E-state index contributed by atoms with van der Waals surface area (Å²) < 4.78 is 10.9. The maximum absolute atomic E-state index is 11.2. The van der Waals surface area contributed by atoms with Gasteiger partial charge in [-0.2, -0.15) is 0 Å². The molecule has 0 radical (unpaired) electrons. The molecule has 0 bridgehead atoms. The predicted octanol–water partition coefficient (Wildman–Crippen LogP) is 0.418. The van der Waals surface area contributed by atoms with Crippen LogP contribution in [0.1, 0.15) is 25.7 Å². The third-order valence-corrected chi connectivity index (χ3v) is 2.83. The number of rotatable bonds is 1. The third-order valence-electron chi connectivity index (χ3n) is 2.83. The molecule has 2 aliphatic heterocycles. The highest BCUT2D eigenvalue weighted by Gasteiger charge is 2.48. The van der Waals surface area contributed by atoms with Crippen LogP contribution in [-0.2, 0) is 14.3 Å². The molecular formula is C9H15NO3. The molecule has 2 atom stereocenters. The van der Waals surface area contributed by atoms with E-state index in [0.29, 0.717) is 6.42 Å². The zero-order valence-electron chi connectivity index (χ0n) is 7.84. The van der Waals surface area contributed by atoms with Crippen LogP contribution in [-0.4, -0.2) is 31.5 Å². The molecule has 4 nitrogen and oxygen atoms in total. The summed E-state index contributed by atoms with van der Waals surface area (Å²) in [5, 5.41) is 2.88. The summed E-state index contributed by atoms with van der Waals surface area (Å²) in [6, 6.07) is 0. The Labute approximate surface area is 77.6 Å². The van der Waals surface area contributed by atoms with E-state index in [1.54, 1.807) is 7.11 Å². The maximum atomic E-state index is 11.2. The van der Waals surface area contributed by atoms with Gasteiger partial charge in [0.05, 0.1) is 6.42 Å². The third kappa shape index (κ3) is 1.44. The van der Waals surface area contributed by atoms with Crippen molar-refractivity contribution in [3.63, 3.8) is 0 Å². The molecule has 4 heteroatoms. The molecule has 0 saturated carbocycles. The van der Waals surface area contributed by atoms with E-state index in [1.165, 1.54) is 0 Å². The van der Waals surface area contributed by atoms with Crippen molar-refractivity contribution in [2.45, 2.75) is 37.5 Å². The van der Waals surface area contributed by atoms with Gasteiger partial charge in [0.1, 0.15) is 6.10 Å². The highest BCUT2D eigenvalue weighted by Crippen LogP contribution is 2.32. The average Bonchev–Trinajstić information content (AvgIpc) is 2.43. The largest absolute Gasteiger partial charge is 0.376 e. The Morgan fingerprint density at radius 1 is 1.62 bits per heavy atom. The number of amides is 1. The van der Waals surface area contributed by atoms with Gasteiger partial charge in [-0.15, -0.1) is 0 Å². The SMILES string of the molecule is CO[C@@H]1CC(=O)N[C@]12CCCCO2. The summed E-state index contributed by atoms with van der Waals surface area (Å²) in [6.07, 6.45) is 3.36. The lowest BCUT2D eigenvalue weighted by Gasteiger charge is -2.37. The standard InChI is InChI=1S/C9H15NO3/c1-12-7-6-8(11)10-9(7)4-2-3-5-13-9/h7H,2-6H2,1H3,(H,10,11)/t7-,9+/m1/s1. The van der Waals surface area contributed by atoms with Crippen LogP contribution in [0.3, 0.4) is 0 Å². The number of carbonyl (C=O) groups is 1. The fourth-order valence-corrected chi connectivity index (χ4v) is 2.14. The smallest absolute Gasteiger partial charge is 0.225 e. The summed E-state index contributed by atoms with van der Waals surface area (Å²) in [7, 11) is 1.63. The summed E-state index contributed by atoms with van der Waals surface area (Å²) in [5.41, 5.74) is -0.510. The molecule has 1 spiro atoms. The first-order valence-corrected chi connectivity index (χ1v) is 4.74. The van der Waals surface area contributed by atoms with E-state index in [-0.39, 0.29) is 12.0 Å². The van der Waals surface area contributed by atoms with Crippen LogP contribution in [0.4, 0.5) is 0 Å². The van der Waals surface area contributed by atoms with Crippen molar-refractivity contribution in [2.75, 3.05) is 13.7 Å². The molecule has 0 aromatic rings. The van der Waals surface area contributed by atoms with Gasteiger partial charge in [-0.25, -0.2) is 0 Å². The van der Waals surface area contributed by atoms with E-state index >= 15 is 0 Å². The van der Waals surface area contributed by atoms with Crippen LogP contribution < -0.4 is 5.32 Å². The first-order chi connectivity index (χ1) is 6.27. The second-order valence-electron chi connectivity index (χ2n) is 3.67. The van der Waals surface area contributed by atoms with E-state index in [2.05, 4.69) is 5.32 Å². The fourth-order valence-electron chi connectivity index (χ4n) is 2.14. The van der Waals surface area contributed by atoms with Crippen molar-refractivity contribution in [2.24, 2.45) is 0 Å². The van der Waals surface area contributed by atoms with Crippen molar-refractivity contribution in [3.05, 3.63) is 0 Å². The predicted molar refractivity (Wildman–Crippen MR) is 46.1 cm³/mol. The molecule has 13 heavy (non-hydrogen) atoms. The molecule has 0 unspecified atom stereocenters. The first kappa shape index (κ1) is 8.97. The Morgan fingerprint density at radius 2 is 2.46 bits per heavy atom. The zero-order chi connectivity index (χ0) is 9.31. The van der Waals surface area contributed by atoms with Crippen LogP contribution >= 0.6 is 0 Å². The summed E-state index contributed by atoms with van der Waals surface area (Å²) >= 11 is 0. The second kappa shape index (κ2) is 3.27. The number of carbonyl (C=O) groups excluding carboxylic acids is 1. The Balaban J connectivity index is 2.13. The molecular weight excluding hydrogens is 170 g/mol. The quantitative estimate of drug-likeness (QED) is 0.644. The highest BCUT2D eigenvalue weighted by atomic mass is 16.6. The van der Waals surface area contributed by atoms with E-state index < -0.39 is 5.72 Å². The van der Waals surface area contributed by atoms with Crippen molar-refractivity contribution in [3.8, 4) is 0 Å². The van der Waals surface area contributed by atoms with Crippen LogP contribution in [0.15, 0.2) is 0 Å². The molecule has 1 amide bonds. The molecule has 74 valence electrons. The minimum absolute atomic E-state index is 0.0359. The van der Waals surface area contributed by atoms with Gasteiger partial charge in [0.25, 0.3) is 0 Å². The topological polar surface area (TPSA) is 47.6 Å². The van der Waals surface area contributed by atoms with Gasteiger partial charge in [0.2, 0.25) is 5.91 Å². The highest BCUT2D eigenvalue weighted by molar-refractivity contribution is 5.80. The monoisotopic (exact) mass is 185 g/mol. The van der Waals surface area contributed by atoms with Gasteiger partial charge in [0, 0.05) is 13.7 Å². The lowest BCUT2D eigenvalue weighted by molar-refractivity contribution is -0.156. The van der Waals surface area contributed by atoms with E-state index in [1.807, 2.05) is 0 Å². The van der Waals surface area contributed by atoms with E-state index in [9.17, 15) is 4.79 Å². The molecule has 2 saturated heterocycles. The summed E-state index contributed by atoms with van der Waals surface area (Å²) in [6.45, 7) is 0.722. The van der Waals surface area contributed by atoms with Gasteiger partial charge in [-0.05, 0) is 19.3 Å². The maximum Gasteiger partial charge on any atom is 0.225 e. The summed E-state index contributed by atoms with van der Waals surface area (Å²) in [5.74, 6) is 0.0359. The molecule has 0 aliphatic carbocycles. The zero-order valence-corrected chi connectivity index (χ0v) is 7.84. The van der Waals surface area contributed by atoms with Crippen molar-refractivity contribution in [1.82, 2.24) is 5.32 Å². The fraction of sp³-hybridized carbons (Fsp3) is 0.889. The lowest BCUT2D eigenvalue weighted by atomic mass is 9.98. The first-order valence-electron chi connectivity index (χ1n) is 4.74. The Morgan fingerprint density at radius 3 is 3.08 bits per heavy atom. The molecule has 0 aromatic carbocycles. The Bertz CT molecular complexity index is 211. The molecule has 2 rings (SSSR count). The molecule has 0 aromatic heterocycles. The van der Waals surface area contributed by atoms with Crippen LogP contribution in [0, 0.1) is 0 Å². The van der Waals surface area contributed by atoms with E-state index in [0.717, 1.165) is 25.9 Å². The van der Waals surface area contributed by atoms with Gasteiger partial charge in [-0.1, -0.05) is 0 Å². The summed E-state index contributed by atoms with van der Waals surface area (Å²) in [4.78, 5) is 11.2. The van der Waals surface area contributed by atoms with Crippen LogP contribution in [0.25, 0.3) is 0 Å². The van der Waals surface area contributed by atoms with Gasteiger partial charge in [-0.3, -0.25) is 4.79 Å². The van der Waals surface area contributed by atoms with Crippen LogP contribution in [0.5, 0.6) is 0 Å². The molecule has 1 N–H and O–H groups in total. The van der Waals surface area contributed by atoms with Crippen molar-refractivity contribution < 1.29 is 14.3 Å². The lowest BCUT2D eigenvalue weighted by Crippen LogP contribution is -2.53. The number of hydrogen-bond acceptors (Lipinski definition) is 3. The number of methoxy groups -OCH3 is 1. The van der Waals surface area contributed by atoms with Gasteiger partial charge in [0.15, 0.2) is 5.72 Å². The van der Waals surface area contributed by atoms with Crippen LogP contribution in [0.2, 0.25) is 0 Å². The second-order valence-corrected chi connectivity index (χ2v) is 3.67. The Hall–Kier alpha value is -0.610. The number of ether oxygens (including phenoxy) is 2. The average molecular weight is 185 g/mol. The van der Waals surface area contributed by atoms with Crippen molar-refractivity contribution >= 4 is 5.91 Å². The van der Waals surface area contributed by atoms with Gasteiger partial charge >= 0.3 is 0 Å².